The first-order valence-corrected chi connectivity index (χ1v) is 8.26. The Morgan fingerprint density at radius 2 is 1.76 bits per heavy atom. The monoisotopic (exact) mass is 327 g/mol. The first-order valence-electron chi connectivity index (χ1n) is 7.50. The van der Waals surface area contributed by atoms with Crippen molar-refractivity contribution in [2.24, 2.45) is 0 Å². The van der Waals surface area contributed by atoms with Gasteiger partial charge in [0.2, 0.25) is 5.28 Å². The fourth-order valence-corrected chi connectivity index (χ4v) is 3.27. The zero-order valence-electron chi connectivity index (χ0n) is 11.9. The lowest BCUT2D eigenvalue weighted by molar-refractivity contribution is 0.223. The van der Waals surface area contributed by atoms with Crippen LogP contribution in [0.1, 0.15) is 32.1 Å². The number of imidazole rings is 1. The first kappa shape index (κ1) is 15.0. The van der Waals surface area contributed by atoms with Crippen molar-refractivity contribution in [2.45, 2.75) is 38.6 Å². The maximum Gasteiger partial charge on any atom is 0.225 e. The van der Waals surface area contributed by atoms with Crippen molar-refractivity contribution in [3.05, 3.63) is 16.8 Å². The standard InChI is InChI=1S/C14H19Cl2N5/c15-12-11-13(19-14(16)18-12)21(10-17-11)9-5-4-8-20-6-2-1-3-7-20/h10H,1-9H2. The van der Waals surface area contributed by atoms with E-state index in [1.165, 1.54) is 45.3 Å². The molecule has 0 aromatic carbocycles. The van der Waals surface area contributed by atoms with Crippen molar-refractivity contribution in [3.8, 4) is 0 Å². The molecule has 3 heterocycles. The van der Waals surface area contributed by atoms with Gasteiger partial charge in [0.05, 0.1) is 6.33 Å². The first-order chi connectivity index (χ1) is 10.2. The summed E-state index contributed by atoms with van der Waals surface area (Å²) in [7, 11) is 0. The van der Waals surface area contributed by atoms with Crippen molar-refractivity contribution < 1.29 is 0 Å². The van der Waals surface area contributed by atoms with Crippen LogP contribution in [0.2, 0.25) is 10.4 Å². The molecule has 1 aliphatic heterocycles. The molecule has 3 rings (SSSR count). The van der Waals surface area contributed by atoms with E-state index in [4.69, 9.17) is 23.2 Å². The highest BCUT2D eigenvalue weighted by molar-refractivity contribution is 6.35. The van der Waals surface area contributed by atoms with E-state index in [9.17, 15) is 0 Å². The van der Waals surface area contributed by atoms with Gasteiger partial charge in [0.25, 0.3) is 0 Å². The zero-order chi connectivity index (χ0) is 14.7. The minimum Gasteiger partial charge on any atom is -0.315 e. The van der Waals surface area contributed by atoms with Gasteiger partial charge in [-0.1, -0.05) is 18.0 Å². The molecule has 0 N–H and O–H groups in total. The van der Waals surface area contributed by atoms with E-state index in [-0.39, 0.29) is 5.28 Å². The summed E-state index contributed by atoms with van der Waals surface area (Å²) in [4.78, 5) is 15.0. The molecule has 2 aromatic rings. The summed E-state index contributed by atoms with van der Waals surface area (Å²) in [6.45, 7) is 4.58. The van der Waals surface area contributed by atoms with E-state index >= 15 is 0 Å². The number of aromatic nitrogens is 4. The number of halogens is 2. The number of rotatable bonds is 5. The van der Waals surface area contributed by atoms with Gasteiger partial charge in [-0.2, -0.15) is 4.98 Å². The van der Waals surface area contributed by atoms with Crippen molar-refractivity contribution >= 4 is 34.4 Å². The molecular formula is C14H19Cl2N5. The average molecular weight is 328 g/mol. The van der Waals surface area contributed by atoms with Crippen molar-refractivity contribution in [3.63, 3.8) is 0 Å². The lowest BCUT2D eigenvalue weighted by atomic mass is 10.1. The maximum atomic E-state index is 6.02. The van der Waals surface area contributed by atoms with Crippen molar-refractivity contribution in [2.75, 3.05) is 19.6 Å². The predicted molar refractivity (Wildman–Crippen MR) is 84.9 cm³/mol. The van der Waals surface area contributed by atoms with Crippen LogP contribution in [0, 0.1) is 0 Å². The van der Waals surface area contributed by atoms with E-state index in [1.54, 1.807) is 6.33 Å². The second kappa shape index (κ2) is 6.90. The Bertz CT molecular complexity index is 607. The van der Waals surface area contributed by atoms with Crippen LogP contribution in [0.3, 0.4) is 0 Å². The van der Waals surface area contributed by atoms with Gasteiger partial charge in [0.1, 0.15) is 5.52 Å². The second-order valence-corrected chi connectivity index (χ2v) is 6.20. The van der Waals surface area contributed by atoms with Crippen LogP contribution >= 0.6 is 23.2 Å². The van der Waals surface area contributed by atoms with Crippen LogP contribution in [-0.2, 0) is 6.54 Å². The van der Waals surface area contributed by atoms with Gasteiger partial charge >= 0.3 is 0 Å². The SMILES string of the molecule is Clc1nc(Cl)c2ncn(CCCCN3CCCCC3)c2n1. The van der Waals surface area contributed by atoms with Crippen LogP contribution in [0.4, 0.5) is 0 Å². The Balaban J connectivity index is 1.55. The number of piperidine rings is 1. The molecule has 2 aromatic heterocycles. The molecule has 0 amide bonds. The molecule has 0 saturated carbocycles. The normalized spacial score (nSPS) is 16.7. The third-order valence-corrected chi connectivity index (χ3v) is 4.40. The van der Waals surface area contributed by atoms with Crippen LogP contribution in [0.25, 0.3) is 11.2 Å². The summed E-state index contributed by atoms with van der Waals surface area (Å²) in [5.74, 6) is 0. The number of aryl methyl sites for hydroxylation is 1. The third kappa shape index (κ3) is 3.65. The van der Waals surface area contributed by atoms with Gasteiger partial charge in [-0.3, -0.25) is 0 Å². The topological polar surface area (TPSA) is 46.8 Å². The number of hydrogen-bond donors (Lipinski definition) is 0. The van der Waals surface area contributed by atoms with Crippen molar-refractivity contribution in [1.82, 2.24) is 24.4 Å². The number of unbranched alkanes of at least 4 members (excludes halogenated alkanes) is 1. The lowest BCUT2D eigenvalue weighted by Crippen LogP contribution is -2.30. The van der Waals surface area contributed by atoms with Gasteiger partial charge in [0, 0.05) is 6.54 Å². The summed E-state index contributed by atoms with van der Waals surface area (Å²) in [6.07, 6.45) is 8.13. The molecular weight excluding hydrogens is 309 g/mol. The van der Waals surface area contributed by atoms with Crippen molar-refractivity contribution in [1.29, 1.82) is 0 Å². The lowest BCUT2D eigenvalue weighted by Gasteiger charge is -2.26. The molecule has 114 valence electrons. The summed E-state index contributed by atoms with van der Waals surface area (Å²) in [5.41, 5.74) is 1.34. The highest BCUT2D eigenvalue weighted by Crippen LogP contribution is 2.21. The average Bonchev–Trinajstić information content (AvgIpc) is 2.88. The molecule has 0 spiro atoms. The minimum atomic E-state index is 0.169. The number of likely N-dealkylation sites (tertiary alicyclic amines) is 1. The Hall–Kier alpha value is -0.910. The van der Waals surface area contributed by atoms with Crippen LogP contribution in [0.15, 0.2) is 6.33 Å². The summed E-state index contributed by atoms with van der Waals surface area (Å²) in [6, 6.07) is 0. The molecule has 5 nitrogen and oxygen atoms in total. The zero-order valence-corrected chi connectivity index (χ0v) is 13.4. The molecule has 0 bridgehead atoms. The van der Waals surface area contributed by atoms with Gasteiger partial charge < -0.3 is 9.47 Å². The van der Waals surface area contributed by atoms with E-state index in [1.807, 2.05) is 4.57 Å². The highest BCUT2D eigenvalue weighted by Gasteiger charge is 2.12. The van der Waals surface area contributed by atoms with Gasteiger partial charge in [-0.05, 0) is 56.9 Å². The maximum absolute atomic E-state index is 6.02. The third-order valence-electron chi connectivity index (χ3n) is 3.97. The fraction of sp³-hybridized carbons (Fsp3) is 0.643. The quantitative estimate of drug-likeness (QED) is 0.479. The van der Waals surface area contributed by atoms with Crippen LogP contribution < -0.4 is 0 Å². The minimum absolute atomic E-state index is 0.169. The summed E-state index contributed by atoms with van der Waals surface area (Å²) < 4.78 is 2.00. The van der Waals surface area contributed by atoms with Crippen LogP contribution in [-0.4, -0.2) is 44.1 Å². The van der Waals surface area contributed by atoms with E-state index in [0.717, 1.165) is 18.6 Å². The summed E-state index contributed by atoms with van der Waals surface area (Å²) >= 11 is 11.9. The molecule has 1 aliphatic rings. The van der Waals surface area contributed by atoms with E-state index in [0.29, 0.717) is 10.7 Å². The Labute approximate surface area is 134 Å². The molecule has 21 heavy (non-hydrogen) atoms. The molecule has 0 aliphatic carbocycles. The molecule has 7 heteroatoms. The molecule has 1 saturated heterocycles. The number of fused-ring (bicyclic) bond motifs is 1. The largest absolute Gasteiger partial charge is 0.315 e. The predicted octanol–water partition coefficient (Wildman–Crippen LogP) is 3.40. The number of hydrogen-bond acceptors (Lipinski definition) is 4. The van der Waals surface area contributed by atoms with Gasteiger partial charge in [0.15, 0.2) is 10.8 Å². The molecule has 1 fully saturated rings. The molecule has 0 unspecified atom stereocenters. The Kier molecular flexibility index (Phi) is 4.93. The van der Waals surface area contributed by atoms with Crippen LogP contribution in [0.5, 0.6) is 0 Å². The van der Waals surface area contributed by atoms with E-state index in [2.05, 4.69) is 19.9 Å². The summed E-state index contributed by atoms with van der Waals surface area (Å²) in [5, 5.41) is 0.486. The second-order valence-electron chi connectivity index (χ2n) is 5.50. The van der Waals surface area contributed by atoms with E-state index < -0.39 is 0 Å². The smallest absolute Gasteiger partial charge is 0.225 e. The Morgan fingerprint density at radius 3 is 2.57 bits per heavy atom. The Morgan fingerprint density at radius 1 is 1.00 bits per heavy atom. The van der Waals surface area contributed by atoms with Gasteiger partial charge in [-0.25, -0.2) is 9.97 Å². The molecule has 0 radical (unpaired) electrons. The number of nitrogens with zero attached hydrogens (tertiary/aromatic N) is 5. The highest BCUT2D eigenvalue weighted by atomic mass is 35.5. The fourth-order valence-electron chi connectivity index (χ4n) is 2.85. The molecule has 0 atom stereocenters. The van der Waals surface area contributed by atoms with Gasteiger partial charge in [-0.15, -0.1) is 0 Å².